The monoisotopic (exact) mass is 365 g/mol. The predicted octanol–water partition coefficient (Wildman–Crippen LogP) is 1.30. The van der Waals surface area contributed by atoms with Crippen molar-refractivity contribution in [2.75, 3.05) is 32.7 Å². The molecule has 7 heteroatoms. The zero-order valence-electron chi connectivity index (χ0n) is 14.7. The van der Waals surface area contributed by atoms with Gasteiger partial charge in [-0.25, -0.2) is 13.1 Å². The van der Waals surface area contributed by atoms with Gasteiger partial charge in [0, 0.05) is 24.7 Å². The Kier molecular flexibility index (Phi) is 5.76. The maximum absolute atomic E-state index is 12.5. The van der Waals surface area contributed by atoms with E-state index in [1.54, 1.807) is 17.0 Å². The van der Waals surface area contributed by atoms with Gasteiger partial charge in [0.15, 0.2) is 0 Å². The maximum atomic E-state index is 12.5. The Morgan fingerprint density at radius 3 is 2.40 bits per heavy atom. The molecule has 0 aliphatic carbocycles. The van der Waals surface area contributed by atoms with Crippen molar-refractivity contribution in [3.05, 3.63) is 35.9 Å². The van der Waals surface area contributed by atoms with Crippen molar-refractivity contribution in [1.29, 1.82) is 0 Å². The third-order valence-corrected chi connectivity index (χ3v) is 6.89. The molecule has 6 nitrogen and oxygen atoms in total. The highest BCUT2D eigenvalue weighted by atomic mass is 32.2. The van der Waals surface area contributed by atoms with Gasteiger partial charge in [0.05, 0.1) is 0 Å². The van der Waals surface area contributed by atoms with E-state index >= 15 is 0 Å². The van der Waals surface area contributed by atoms with E-state index in [-0.39, 0.29) is 25.0 Å². The quantitative estimate of drug-likeness (QED) is 0.825. The zero-order chi connectivity index (χ0) is 17.9. The second kappa shape index (κ2) is 7.85. The fourth-order valence-electron chi connectivity index (χ4n) is 3.48. The van der Waals surface area contributed by atoms with E-state index in [9.17, 15) is 13.2 Å². The number of hydrogen-bond donors (Lipinski definition) is 1. The van der Waals surface area contributed by atoms with E-state index in [1.807, 2.05) is 18.2 Å². The van der Waals surface area contributed by atoms with Gasteiger partial charge in [-0.3, -0.25) is 4.79 Å². The highest BCUT2D eigenvalue weighted by Crippen LogP contribution is 2.20. The molecule has 3 rings (SSSR count). The number of likely N-dealkylation sites (tertiary alicyclic amines) is 2. The van der Waals surface area contributed by atoms with Crippen LogP contribution in [0.1, 0.15) is 36.5 Å². The van der Waals surface area contributed by atoms with Crippen LogP contribution in [0.15, 0.2) is 30.3 Å². The Labute approximate surface area is 150 Å². The van der Waals surface area contributed by atoms with Crippen molar-refractivity contribution in [3.8, 4) is 0 Å². The lowest BCUT2D eigenvalue weighted by molar-refractivity contribution is 0.0657. The predicted molar refractivity (Wildman–Crippen MR) is 97.9 cm³/mol. The number of hydrogen-bond acceptors (Lipinski definition) is 4. The molecule has 2 heterocycles. The van der Waals surface area contributed by atoms with Gasteiger partial charge in [0.2, 0.25) is 10.0 Å². The highest BCUT2D eigenvalue weighted by molar-refractivity contribution is 7.90. The number of nitrogens with one attached hydrogen (secondary N) is 1. The van der Waals surface area contributed by atoms with E-state index in [4.69, 9.17) is 0 Å². The summed E-state index contributed by atoms with van der Waals surface area (Å²) in [6, 6.07) is 9.02. The molecule has 0 spiro atoms. The maximum Gasteiger partial charge on any atom is 0.253 e. The smallest absolute Gasteiger partial charge is 0.253 e. The van der Waals surface area contributed by atoms with E-state index in [0.717, 1.165) is 38.9 Å². The number of benzene rings is 1. The minimum atomic E-state index is -3.36. The van der Waals surface area contributed by atoms with Crippen LogP contribution in [0.4, 0.5) is 0 Å². The molecule has 1 aromatic rings. The molecular weight excluding hydrogens is 338 g/mol. The molecule has 2 saturated heterocycles. The third kappa shape index (κ3) is 4.40. The van der Waals surface area contributed by atoms with E-state index in [1.165, 1.54) is 0 Å². The second-order valence-corrected chi connectivity index (χ2v) is 8.97. The summed E-state index contributed by atoms with van der Waals surface area (Å²) in [4.78, 5) is 16.3. The summed E-state index contributed by atoms with van der Waals surface area (Å²) in [5, 5.41) is -0.492. The minimum Gasteiger partial charge on any atom is -0.336 e. The van der Waals surface area contributed by atoms with Crippen LogP contribution in [0.25, 0.3) is 0 Å². The van der Waals surface area contributed by atoms with Crippen LogP contribution in [0.5, 0.6) is 0 Å². The lowest BCUT2D eigenvalue weighted by atomic mass is 10.1. The van der Waals surface area contributed by atoms with Crippen molar-refractivity contribution in [2.45, 2.75) is 37.5 Å². The Morgan fingerprint density at radius 1 is 1.16 bits per heavy atom. The van der Waals surface area contributed by atoms with Crippen molar-refractivity contribution in [3.63, 3.8) is 0 Å². The fourth-order valence-corrected chi connectivity index (χ4v) is 5.13. The van der Waals surface area contributed by atoms with Crippen LogP contribution in [-0.4, -0.2) is 68.1 Å². The minimum absolute atomic E-state index is 0.0250. The molecule has 1 amide bonds. The molecule has 0 bridgehead atoms. The topological polar surface area (TPSA) is 69.7 Å². The molecule has 1 aromatic carbocycles. The summed E-state index contributed by atoms with van der Waals surface area (Å²) in [7, 11) is -3.36. The normalized spacial score (nSPS) is 20.4. The van der Waals surface area contributed by atoms with Gasteiger partial charge >= 0.3 is 0 Å². The molecule has 0 aromatic heterocycles. The van der Waals surface area contributed by atoms with Crippen molar-refractivity contribution < 1.29 is 13.2 Å². The second-order valence-electron chi connectivity index (χ2n) is 6.98. The number of piperidine rings is 1. The van der Waals surface area contributed by atoms with Crippen molar-refractivity contribution in [2.24, 2.45) is 0 Å². The average Bonchev–Trinajstić information content (AvgIpc) is 2.56. The number of sulfonamides is 1. The van der Waals surface area contributed by atoms with Gasteiger partial charge in [-0.05, 0) is 51.0 Å². The molecule has 1 N–H and O–H groups in total. The lowest BCUT2D eigenvalue weighted by Crippen LogP contribution is -2.60. The van der Waals surface area contributed by atoms with E-state index in [0.29, 0.717) is 5.56 Å². The molecule has 2 aliphatic rings. The number of rotatable bonds is 6. The highest BCUT2D eigenvalue weighted by Gasteiger charge is 2.41. The van der Waals surface area contributed by atoms with Crippen LogP contribution in [-0.2, 0) is 10.0 Å². The number of amides is 1. The standard InChI is InChI=1S/C18H27N3O3S/c1-2-10-20-11-8-16(9-12-20)19-25(23,24)17-13-21(14-17)18(22)15-6-4-3-5-7-15/h3-7,16-17,19H,2,8-14H2,1H3. The van der Waals surface area contributed by atoms with Crippen LogP contribution in [0.2, 0.25) is 0 Å². The average molecular weight is 365 g/mol. The molecule has 138 valence electrons. The van der Waals surface area contributed by atoms with Gasteiger partial charge in [-0.2, -0.15) is 0 Å². The van der Waals surface area contributed by atoms with Crippen molar-refractivity contribution >= 4 is 15.9 Å². The van der Waals surface area contributed by atoms with Crippen LogP contribution in [0, 0.1) is 0 Å². The molecule has 2 fully saturated rings. The summed E-state index contributed by atoms with van der Waals surface area (Å²) in [5.74, 6) is -0.0973. The zero-order valence-corrected chi connectivity index (χ0v) is 15.5. The van der Waals surface area contributed by atoms with Crippen LogP contribution in [0.3, 0.4) is 0 Å². The summed E-state index contributed by atoms with van der Waals surface area (Å²) in [6.07, 6.45) is 2.85. The third-order valence-electron chi connectivity index (χ3n) is 5.05. The SMILES string of the molecule is CCCN1CCC(NS(=O)(=O)C2CN(C(=O)c3ccccc3)C2)CC1. The van der Waals surface area contributed by atoms with Gasteiger partial charge < -0.3 is 9.80 Å². The van der Waals surface area contributed by atoms with Gasteiger partial charge in [-0.1, -0.05) is 25.1 Å². The van der Waals surface area contributed by atoms with Crippen LogP contribution < -0.4 is 4.72 Å². The van der Waals surface area contributed by atoms with E-state index in [2.05, 4.69) is 16.5 Å². The molecule has 2 aliphatic heterocycles. The van der Waals surface area contributed by atoms with Gasteiger partial charge in [-0.15, -0.1) is 0 Å². The number of carbonyl (C=O) groups is 1. The van der Waals surface area contributed by atoms with Gasteiger partial charge in [0.25, 0.3) is 5.91 Å². The molecule has 0 unspecified atom stereocenters. The first-order chi connectivity index (χ1) is 12.0. The first kappa shape index (κ1) is 18.4. The number of nitrogens with zero attached hydrogens (tertiary/aromatic N) is 2. The molecule has 0 saturated carbocycles. The Bertz CT molecular complexity index is 679. The molecular formula is C18H27N3O3S. The lowest BCUT2D eigenvalue weighted by Gasteiger charge is -2.40. The van der Waals surface area contributed by atoms with Gasteiger partial charge in [0.1, 0.15) is 5.25 Å². The van der Waals surface area contributed by atoms with Crippen LogP contribution >= 0.6 is 0 Å². The Balaban J connectivity index is 1.48. The van der Waals surface area contributed by atoms with E-state index < -0.39 is 15.3 Å². The largest absolute Gasteiger partial charge is 0.336 e. The summed E-state index contributed by atoms with van der Waals surface area (Å²) < 4.78 is 27.9. The molecule has 0 radical (unpaired) electrons. The summed E-state index contributed by atoms with van der Waals surface area (Å²) in [6.45, 7) is 5.69. The Hall–Kier alpha value is -1.44. The summed E-state index contributed by atoms with van der Waals surface area (Å²) >= 11 is 0. The number of carbonyl (C=O) groups excluding carboxylic acids is 1. The molecule has 25 heavy (non-hydrogen) atoms. The summed E-state index contributed by atoms with van der Waals surface area (Å²) in [5.41, 5.74) is 0.606. The first-order valence-corrected chi connectivity index (χ1v) is 10.6. The fraction of sp³-hybridized carbons (Fsp3) is 0.611. The Morgan fingerprint density at radius 2 is 1.80 bits per heavy atom. The first-order valence-electron chi connectivity index (χ1n) is 9.07. The van der Waals surface area contributed by atoms with Crippen molar-refractivity contribution in [1.82, 2.24) is 14.5 Å². The molecule has 0 atom stereocenters.